The Morgan fingerprint density at radius 1 is 1.30 bits per heavy atom. The van der Waals surface area contributed by atoms with Gasteiger partial charge in [0.1, 0.15) is 5.75 Å². The van der Waals surface area contributed by atoms with Crippen molar-refractivity contribution >= 4 is 11.6 Å². The van der Waals surface area contributed by atoms with Crippen molar-refractivity contribution in [2.75, 3.05) is 32.2 Å². The number of benzene rings is 1. The van der Waals surface area contributed by atoms with Gasteiger partial charge in [0.2, 0.25) is 5.91 Å². The van der Waals surface area contributed by atoms with Crippen LogP contribution in [0, 0.1) is 0 Å². The lowest BCUT2D eigenvalue weighted by atomic mass is 9.92. The molecular weight excluding hydrogens is 256 g/mol. The Hall–Kier alpha value is -1.59. The predicted molar refractivity (Wildman–Crippen MR) is 78.1 cm³/mol. The molecule has 0 spiro atoms. The summed E-state index contributed by atoms with van der Waals surface area (Å²) in [4.78, 5) is 11.9. The molecule has 0 radical (unpaired) electrons. The number of carbonyl (C=O) groups excluding carboxylic acids is 1. The second kappa shape index (κ2) is 6.72. The fraction of sp³-hybridized carbons (Fsp3) is 0.533. The molecule has 0 aromatic heterocycles. The Bertz CT molecular complexity index is 439. The van der Waals surface area contributed by atoms with Gasteiger partial charge in [0.05, 0.1) is 13.7 Å². The average molecular weight is 278 g/mol. The lowest BCUT2D eigenvalue weighted by Crippen LogP contribution is -2.49. The van der Waals surface area contributed by atoms with Crippen LogP contribution in [0.3, 0.4) is 0 Å². The molecule has 0 unspecified atom stereocenters. The minimum Gasteiger partial charge on any atom is -0.497 e. The number of hydrogen-bond acceptors (Lipinski definition) is 4. The van der Waals surface area contributed by atoms with Crippen LogP contribution in [0.5, 0.6) is 5.75 Å². The van der Waals surface area contributed by atoms with Gasteiger partial charge in [0, 0.05) is 24.4 Å². The zero-order valence-electron chi connectivity index (χ0n) is 12.1. The summed E-state index contributed by atoms with van der Waals surface area (Å²) in [5.41, 5.74) is 0.768. The van der Waals surface area contributed by atoms with Crippen LogP contribution in [-0.2, 0) is 9.53 Å². The Balaban J connectivity index is 1.79. The molecule has 20 heavy (non-hydrogen) atoms. The first kappa shape index (κ1) is 14.8. The number of anilines is 1. The van der Waals surface area contributed by atoms with Gasteiger partial charge < -0.3 is 20.1 Å². The van der Waals surface area contributed by atoms with Gasteiger partial charge in [-0.2, -0.15) is 0 Å². The smallest absolute Gasteiger partial charge is 0.238 e. The third-order valence-corrected chi connectivity index (χ3v) is 3.65. The Kier molecular flexibility index (Phi) is 4.98. The lowest BCUT2D eigenvalue weighted by Gasteiger charge is -2.34. The highest BCUT2D eigenvalue weighted by Crippen LogP contribution is 2.19. The van der Waals surface area contributed by atoms with Crippen molar-refractivity contribution in [2.45, 2.75) is 25.3 Å². The van der Waals surface area contributed by atoms with E-state index in [2.05, 4.69) is 17.6 Å². The molecule has 1 amide bonds. The van der Waals surface area contributed by atoms with Crippen LogP contribution in [0.15, 0.2) is 24.3 Å². The van der Waals surface area contributed by atoms with Crippen molar-refractivity contribution < 1.29 is 14.3 Å². The van der Waals surface area contributed by atoms with Crippen molar-refractivity contribution in [1.29, 1.82) is 0 Å². The van der Waals surface area contributed by atoms with E-state index in [-0.39, 0.29) is 11.4 Å². The van der Waals surface area contributed by atoms with Gasteiger partial charge in [-0.3, -0.25) is 4.79 Å². The van der Waals surface area contributed by atoms with Crippen LogP contribution in [0.1, 0.15) is 19.8 Å². The first-order valence-corrected chi connectivity index (χ1v) is 6.88. The molecule has 5 nitrogen and oxygen atoms in total. The molecule has 0 bridgehead atoms. The van der Waals surface area contributed by atoms with E-state index in [1.807, 2.05) is 24.3 Å². The van der Waals surface area contributed by atoms with Crippen molar-refractivity contribution in [3.05, 3.63) is 24.3 Å². The average Bonchev–Trinajstić information content (AvgIpc) is 2.47. The highest BCUT2D eigenvalue weighted by molar-refractivity contribution is 5.92. The summed E-state index contributed by atoms with van der Waals surface area (Å²) in [6, 6.07) is 7.30. The third kappa shape index (κ3) is 4.21. The highest BCUT2D eigenvalue weighted by atomic mass is 16.5. The van der Waals surface area contributed by atoms with E-state index >= 15 is 0 Å². The molecule has 1 aliphatic rings. The van der Waals surface area contributed by atoms with Gasteiger partial charge in [-0.1, -0.05) is 0 Å². The van der Waals surface area contributed by atoms with Crippen molar-refractivity contribution in [2.24, 2.45) is 0 Å². The molecule has 0 aliphatic carbocycles. The van der Waals surface area contributed by atoms with E-state index in [1.165, 1.54) is 0 Å². The molecule has 110 valence electrons. The predicted octanol–water partition coefficient (Wildman–Crippen LogP) is 1.79. The second-order valence-electron chi connectivity index (χ2n) is 5.30. The maximum Gasteiger partial charge on any atom is 0.238 e. The number of ether oxygens (including phenoxy) is 2. The van der Waals surface area contributed by atoms with E-state index in [0.29, 0.717) is 6.54 Å². The van der Waals surface area contributed by atoms with Gasteiger partial charge in [0.15, 0.2) is 0 Å². The third-order valence-electron chi connectivity index (χ3n) is 3.65. The van der Waals surface area contributed by atoms with E-state index in [1.54, 1.807) is 7.11 Å². The monoisotopic (exact) mass is 278 g/mol. The van der Waals surface area contributed by atoms with Gasteiger partial charge in [-0.15, -0.1) is 0 Å². The van der Waals surface area contributed by atoms with E-state index in [0.717, 1.165) is 37.5 Å². The van der Waals surface area contributed by atoms with Crippen LogP contribution >= 0.6 is 0 Å². The first-order chi connectivity index (χ1) is 9.61. The normalized spacial score (nSPS) is 17.5. The number of hydrogen-bond donors (Lipinski definition) is 2. The summed E-state index contributed by atoms with van der Waals surface area (Å²) in [5, 5.41) is 6.19. The van der Waals surface area contributed by atoms with E-state index < -0.39 is 0 Å². The molecule has 1 aliphatic heterocycles. The Labute approximate surface area is 119 Å². The molecule has 2 N–H and O–H groups in total. The largest absolute Gasteiger partial charge is 0.497 e. The van der Waals surface area contributed by atoms with Gasteiger partial charge in [-0.05, 0) is 44.0 Å². The molecule has 0 saturated carbocycles. The lowest BCUT2D eigenvalue weighted by molar-refractivity contribution is -0.116. The SMILES string of the molecule is COc1ccc(NC(=O)CNC2(C)CCOCC2)cc1. The zero-order chi connectivity index (χ0) is 14.4. The van der Waals surface area contributed by atoms with E-state index in [4.69, 9.17) is 9.47 Å². The van der Waals surface area contributed by atoms with Crippen molar-refractivity contribution in [3.63, 3.8) is 0 Å². The molecule has 1 heterocycles. The quantitative estimate of drug-likeness (QED) is 0.862. The van der Waals surface area contributed by atoms with Crippen LogP contribution in [0.4, 0.5) is 5.69 Å². The molecule has 5 heteroatoms. The molecule has 1 aromatic rings. The van der Waals surface area contributed by atoms with Crippen LogP contribution in [0.2, 0.25) is 0 Å². The molecule has 0 atom stereocenters. The maximum atomic E-state index is 11.9. The molecule has 2 rings (SSSR count). The number of methoxy groups -OCH3 is 1. The fourth-order valence-electron chi connectivity index (χ4n) is 2.17. The Morgan fingerprint density at radius 3 is 2.55 bits per heavy atom. The van der Waals surface area contributed by atoms with Crippen LogP contribution in [0.25, 0.3) is 0 Å². The summed E-state index contributed by atoms with van der Waals surface area (Å²) < 4.78 is 10.4. The van der Waals surface area contributed by atoms with Crippen LogP contribution in [-0.4, -0.2) is 38.3 Å². The summed E-state index contributed by atoms with van der Waals surface area (Å²) in [7, 11) is 1.62. The summed E-state index contributed by atoms with van der Waals surface area (Å²) >= 11 is 0. The van der Waals surface area contributed by atoms with Gasteiger partial charge >= 0.3 is 0 Å². The zero-order valence-corrected chi connectivity index (χ0v) is 12.1. The van der Waals surface area contributed by atoms with E-state index in [9.17, 15) is 4.79 Å². The fourth-order valence-corrected chi connectivity index (χ4v) is 2.17. The van der Waals surface area contributed by atoms with Crippen molar-refractivity contribution in [1.82, 2.24) is 5.32 Å². The number of rotatable bonds is 5. The molecule has 1 aromatic carbocycles. The number of nitrogens with one attached hydrogen (secondary N) is 2. The van der Waals surface area contributed by atoms with Gasteiger partial charge in [-0.25, -0.2) is 0 Å². The minimum absolute atomic E-state index is 0.00447. The molecule has 1 fully saturated rings. The number of amides is 1. The van der Waals surface area contributed by atoms with Crippen LogP contribution < -0.4 is 15.4 Å². The Morgan fingerprint density at radius 2 is 1.95 bits per heavy atom. The summed E-state index contributed by atoms with van der Waals surface area (Å²) in [6.45, 7) is 3.95. The van der Waals surface area contributed by atoms with Gasteiger partial charge in [0.25, 0.3) is 0 Å². The molecule has 1 saturated heterocycles. The standard InChI is InChI=1S/C15H22N2O3/c1-15(7-9-20-10-8-15)16-11-14(18)17-12-3-5-13(19-2)6-4-12/h3-6,16H,7-11H2,1-2H3,(H,17,18). The maximum absolute atomic E-state index is 11.9. The number of carbonyl (C=O) groups is 1. The second-order valence-corrected chi connectivity index (χ2v) is 5.30. The summed E-state index contributed by atoms with van der Waals surface area (Å²) in [6.07, 6.45) is 1.87. The molecular formula is C15H22N2O3. The first-order valence-electron chi connectivity index (χ1n) is 6.88. The summed E-state index contributed by atoms with van der Waals surface area (Å²) in [5.74, 6) is 0.735. The minimum atomic E-state index is -0.0390. The topological polar surface area (TPSA) is 59.6 Å². The highest BCUT2D eigenvalue weighted by Gasteiger charge is 2.27. The van der Waals surface area contributed by atoms with Crippen molar-refractivity contribution in [3.8, 4) is 5.75 Å².